The van der Waals surface area contributed by atoms with Crippen LogP contribution in [0.1, 0.15) is 22.4 Å². The molecule has 0 saturated carbocycles. The first-order chi connectivity index (χ1) is 15.6. The van der Waals surface area contributed by atoms with Crippen molar-refractivity contribution in [1.29, 1.82) is 0 Å². The first-order valence-corrected chi connectivity index (χ1v) is 10.8. The normalized spacial score (nSPS) is 10.8. The van der Waals surface area contributed by atoms with Gasteiger partial charge in [-0.3, -0.25) is 4.98 Å². The molecule has 0 aliphatic rings. The minimum Gasteiger partial charge on any atom is -0.488 e. The number of aromatic nitrogens is 3. The number of nitrogens with one attached hydrogen (secondary N) is 1. The summed E-state index contributed by atoms with van der Waals surface area (Å²) in [7, 11) is 0. The zero-order chi connectivity index (χ0) is 22.1. The van der Waals surface area contributed by atoms with E-state index in [1.54, 1.807) is 0 Å². The fraction of sp³-hybridized carbons (Fsp3) is 0.143. The first kappa shape index (κ1) is 22.8. The Labute approximate surface area is 206 Å². The van der Waals surface area contributed by atoms with E-state index in [-0.39, 0.29) is 18.6 Å². The fourth-order valence-corrected chi connectivity index (χ4v) is 4.05. The summed E-state index contributed by atoms with van der Waals surface area (Å²) in [5, 5.41) is 0.992. The van der Waals surface area contributed by atoms with E-state index in [0.717, 1.165) is 50.4 Å². The number of aromatic amines is 1. The molecule has 0 amide bonds. The molecule has 3 heterocycles. The quantitative estimate of drug-likeness (QED) is 0.308. The van der Waals surface area contributed by atoms with Crippen molar-refractivity contribution in [3.05, 3.63) is 102 Å². The molecule has 0 fully saturated rings. The predicted molar refractivity (Wildman–Crippen MR) is 130 cm³/mol. The van der Waals surface area contributed by atoms with E-state index in [9.17, 15) is 0 Å². The van der Waals surface area contributed by atoms with Crippen LogP contribution in [0.4, 0.5) is 0 Å². The number of nitrogens with zero attached hydrogens (tertiary/aromatic N) is 2. The smallest absolute Gasteiger partial charge is 0.142 e. The van der Waals surface area contributed by atoms with E-state index in [2.05, 4.69) is 54.1 Å². The van der Waals surface area contributed by atoms with E-state index in [1.807, 2.05) is 55.7 Å². The third kappa shape index (κ3) is 4.59. The number of H-pyrrole nitrogens is 1. The van der Waals surface area contributed by atoms with Gasteiger partial charge in [-0.2, -0.15) is 0 Å². The molecular formula is C28H25N3OV. The minimum absolute atomic E-state index is 0. The van der Waals surface area contributed by atoms with Gasteiger partial charge in [0.05, 0.1) is 11.1 Å². The predicted octanol–water partition coefficient (Wildman–Crippen LogP) is 6.79. The van der Waals surface area contributed by atoms with Gasteiger partial charge in [0.2, 0.25) is 0 Å². The molecule has 0 aliphatic heterocycles. The van der Waals surface area contributed by atoms with Crippen molar-refractivity contribution in [2.75, 3.05) is 0 Å². The van der Waals surface area contributed by atoms with Crippen LogP contribution in [0.15, 0.2) is 79.1 Å². The Morgan fingerprint density at radius 2 is 1.58 bits per heavy atom. The molecule has 0 bridgehead atoms. The fourth-order valence-electron chi connectivity index (χ4n) is 4.05. The number of rotatable bonds is 5. The number of benzene rings is 2. The summed E-state index contributed by atoms with van der Waals surface area (Å²) in [5.74, 6) is 0.828. The molecule has 5 heteroatoms. The monoisotopic (exact) mass is 470 g/mol. The molecule has 0 atom stereocenters. The second-order valence-electron chi connectivity index (χ2n) is 8.17. The van der Waals surface area contributed by atoms with Crippen molar-refractivity contribution in [2.45, 2.75) is 27.4 Å². The summed E-state index contributed by atoms with van der Waals surface area (Å²) in [6.07, 6.45) is 3.65. The van der Waals surface area contributed by atoms with Gasteiger partial charge in [-0.1, -0.05) is 42.5 Å². The van der Waals surface area contributed by atoms with Gasteiger partial charge >= 0.3 is 0 Å². The Kier molecular flexibility index (Phi) is 6.68. The molecule has 0 aliphatic carbocycles. The summed E-state index contributed by atoms with van der Waals surface area (Å²) in [4.78, 5) is 12.6. The maximum absolute atomic E-state index is 6.36. The molecular weight excluding hydrogens is 445 g/mol. The average molecular weight is 470 g/mol. The van der Waals surface area contributed by atoms with Crippen molar-refractivity contribution >= 4 is 11.0 Å². The molecule has 3 aromatic heterocycles. The molecule has 5 aromatic rings. The van der Waals surface area contributed by atoms with E-state index < -0.39 is 0 Å². The molecule has 0 unspecified atom stereocenters. The van der Waals surface area contributed by atoms with Gasteiger partial charge in [-0.25, -0.2) is 4.98 Å². The van der Waals surface area contributed by atoms with Crippen LogP contribution < -0.4 is 4.74 Å². The largest absolute Gasteiger partial charge is 0.488 e. The van der Waals surface area contributed by atoms with Gasteiger partial charge in [0.1, 0.15) is 18.0 Å². The van der Waals surface area contributed by atoms with Gasteiger partial charge in [0.25, 0.3) is 0 Å². The first-order valence-electron chi connectivity index (χ1n) is 10.8. The van der Waals surface area contributed by atoms with Crippen LogP contribution in [0.2, 0.25) is 0 Å². The number of hydrogen-bond acceptors (Lipinski definition) is 3. The molecule has 5 rings (SSSR count). The molecule has 163 valence electrons. The maximum atomic E-state index is 6.36. The van der Waals surface area contributed by atoms with Crippen molar-refractivity contribution in [3.63, 3.8) is 0 Å². The average Bonchev–Trinajstić information content (AvgIpc) is 3.20. The summed E-state index contributed by atoms with van der Waals surface area (Å²) >= 11 is 0. The Bertz CT molecular complexity index is 1400. The van der Waals surface area contributed by atoms with Gasteiger partial charge in [0.15, 0.2) is 0 Å². The second kappa shape index (κ2) is 9.66. The van der Waals surface area contributed by atoms with Gasteiger partial charge in [0, 0.05) is 48.3 Å². The Hall–Kier alpha value is -3.34. The Balaban J connectivity index is 0.00000259. The maximum Gasteiger partial charge on any atom is 0.142 e. The molecule has 2 aromatic carbocycles. The second-order valence-corrected chi connectivity index (χ2v) is 8.17. The number of aryl methyl sites for hydroxylation is 3. The summed E-state index contributed by atoms with van der Waals surface area (Å²) in [6.45, 7) is 6.77. The van der Waals surface area contributed by atoms with Crippen LogP contribution in [0.25, 0.3) is 33.4 Å². The van der Waals surface area contributed by atoms with Crippen molar-refractivity contribution in [1.82, 2.24) is 15.0 Å². The number of pyridine rings is 2. The van der Waals surface area contributed by atoms with Crippen LogP contribution >= 0.6 is 0 Å². The molecule has 1 radical (unpaired) electrons. The van der Waals surface area contributed by atoms with E-state index in [4.69, 9.17) is 9.72 Å². The van der Waals surface area contributed by atoms with Gasteiger partial charge in [-0.05, 0) is 66.8 Å². The third-order valence-corrected chi connectivity index (χ3v) is 5.86. The topological polar surface area (TPSA) is 50.8 Å². The number of fused-ring (bicyclic) bond motifs is 1. The summed E-state index contributed by atoms with van der Waals surface area (Å²) in [5.41, 5.74) is 9.73. The number of hydrogen-bond donors (Lipinski definition) is 1. The zero-order valence-electron chi connectivity index (χ0n) is 19.0. The minimum atomic E-state index is 0. The molecule has 0 saturated heterocycles. The molecule has 1 N–H and O–H groups in total. The summed E-state index contributed by atoms with van der Waals surface area (Å²) in [6, 6.07) is 22.9. The van der Waals surface area contributed by atoms with Crippen LogP contribution in [0.3, 0.4) is 0 Å². The standard InChI is InChI=1S/C28H25N3O.V/c1-18-9-10-23(15-19(18)2)27-25(22-11-13-29-14-12-22)26-24(16-20(3)30-28(26)31-27)32-17-21-7-5-4-6-8-21;/h4-16H,17H2,1-3H3,(H,30,31);. The van der Waals surface area contributed by atoms with Gasteiger partial charge in [-0.15, -0.1) is 0 Å². The third-order valence-electron chi connectivity index (χ3n) is 5.86. The van der Waals surface area contributed by atoms with Crippen LogP contribution in [0.5, 0.6) is 5.75 Å². The molecule has 33 heavy (non-hydrogen) atoms. The van der Waals surface area contributed by atoms with E-state index in [0.29, 0.717) is 6.61 Å². The Morgan fingerprint density at radius 3 is 2.30 bits per heavy atom. The van der Waals surface area contributed by atoms with Gasteiger partial charge < -0.3 is 9.72 Å². The van der Waals surface area contributed by atoms with Crippen molar-refractivity contribution in [2.24, 2.45) is 0 Å². The van der Waals surface area contributed by atoms with Crippen LogP contribution in [-0.2, 0) is 25.2 Å². The van der Waals surface area contributed by atoms with Crippen molar-refractivity contribution in [3.8, 4) is 28.1 Å². The molecule has 0 spiro atoms. The van der Waals surface area contributed by atoms with Crippen LogP contribution in [0, 0.1) is 20.8 Å². The SMILES string of the molecule is Cc1cc(OCc2ccccc2)c2c(-c3ccncc3)c(-c3ccc(C)c(C)c3)[nH]c2n1.[V]. The zero-order valence-corrected chi connectivity index (χ0v) is 20.4. The van der Waals surface area contributed by atoms with E-state index in [1.165, 1.54) is 11.1 Å². The van der Waals surface area contributed by atoms with Crippen molar-refractivity contribution < 1.29 is 23.3 Å². The van der Waals surface area contributed by atoms with Crippen LogP contribution in [-0.4, -0.2) is 15.0 Å². The number of ether oxygens (including phenoxy) is 1. The Morgan fingerprint density at radius 1 is 0.818 bits per heavy atom. The van der Waals surface area contributed by atoms with E-state index >= 15 is 0 Å². The molecule has 4 nitrogen and oxygen atoms in total. The summed E-state index contributed by atoms with van der Waals surface area (Å²) < 4.78 is 6.36.